The Morgan fingerprint density at radius 1 is 1.25 bits per heavy atom. The Kier molecular flexibility index (Phi) is 1.65. The van der Waals surface area contributed by atoms with Crippen LogP contribution in [0, 0.1) is 0 Å². The average Bonchev–Trinajstić information content (AvgIpc) is 2.27. The molecule has 0 radical (unpaired) electrons. The van der Waals surface area contributed by atoms with E-state index in [1.165, 1.54) is 11.1 Å². The van der Waals surface area contributed by atoms with Crippen molar-refractivity contribution >= 4 is 22.0 Å². The van der Waals surface area contributed by atoms with Crippen molar-refractivity contribution < 1.29 is 0 Å². The molecular weight excluding hydrogens is 212 g/mol. The lowest BCUT2D eigenvalue weighted by molar-refractivity contribution is 0.683. The molecule has 1 aromatic carbocycles. The maximum atomic E-state index is 3.47. The smallest absolute Gasteiger partial charge is 0.0181 e. The topological polar surface area (TPSA) is 0 Å². The van der Waals surface area contributed by atoms with Crippen LogP contribution in [-0.2, 0) is 5.41 Å². The molecule has 0 aliphatic heterocycles. The molecule has 0 nitrogen and oxygen atoms in total. The van der Waals surface area contributed by atoms with Gasteiger partial charge in [-0.2, -0.15) is 0 Å². The predicted octanol–water partition coefficient (Wildman–Crippen LogP) is 3.75. The average molecular weight is 223 g/mol. The molecule has 0 bridgehead atoms. The molecule has 0 saturated heterocycles. The lowest BCUT2D eigenvalue weighted by Gasteiger charge is -2.17. The Morgan fingerprint density at radius 3 is 2.75 bits per heavy atom. The van der Waals surface area contributed by atoms with Crippen LogP contribution in [0.2, 0.25) is 0 Å². The molecule has 0 N–H and O–H groups in total. The van der Waals surface area contributed by atoms with Crippen LogP contribution in [0.4, 0.5) is 0 Å². The molecule has 62 valence electrons. The lowest BCUT2D eigenvalue weighted by Crippen LogP contribution is -2.10. The minimum atomic E-state index is 0.218. The van der Waals surface area contributed by atoms with Crippen LogP contribution in [0.15, 0.2) is 28.7 Å². The summed E-state index contributed by atoms with van der Waals surface area (Å²) in [5.41, 5.74) is 2.98. The fraction of sp³-hybridized carbons (Fsp3) is 0.273. The number of hydrogen-bond acceptors (Lipinski definition) is 0. The van der Waals surface area contributed by atoms with Crippen molar-refractivity contribution in [3.63, 3.8) is 0 Å². The maximum Gasteiger partial charge on any atom is 0.0181 e. The van der Waals surface area contributed by atoms with Gasteiger partial charge >= 0.3 is 0 Å². The highest BCUT2D eigenvalue weighted by atomic mass is 79.9. The fourth-order valence-corrected chi connectivity index (χ4v) is 2.02. The van der Waals surface area contributed by atoms with Gasteiger partial charge in [0.25, 0.3) is 0 Å². The van der Waals surface area contributed by atoms with Gasteiger partial charge in [0.05, 0.1) is 0 Å². The second-order valence-corrected chi connectivity index (χ2v) is 4.70. The van der Waals surface area contributed by atoms with Gasteiger partial charge in [0.15, 0.2) is 0 Å². The predicted molar refractivity (Wildman–Crippen MR) is 56.2 cm³/mol. The standard InChI is InChI=1S/C11H11Br/c1-11(2)6-5-8-7-9(12)3-4-10(8)11/h3-7H,1-2H3. The zero-order valence-electron chi connectivity index (χ0n) is 7.26. The van der Waals surface area contributed by atoms with E-state index in [0.717, 1.165) is 4.47 Å². The number of fused-ring (bicyclic) bond motifs is 1. The summed E-state index contributed by atoms with van der Waals surface area (Å²) < 4.78 is 1.16. The summed E-state index contributed by atoms with van der Waals surface area (Å²) in [6.45, 7) is 4.48. The second kappa shape index (κ2) is 2.46. The highest BCUT2D eigenvalue weighted by Gasteiger charge is 2.24. The van der Waals surface area contributed by atoms with Crippen LogP contribution in [0.5, 0.6) is 0 Å². The molecule has 0 amide bonds. The van der Waals surface area contributed by atoms with Gasteiger partial charge in [-0.15, -0.1) is 0 Å². The molecule has 0 heterocycles. The van der Waals surface area contributed by atoms with E-state index in [-0.39, 0.29) is 5.41 Å². The minimum Gasteiger partial charge on any atom is -0.0739 e. The fourth-order valence-electron chi connectivity index (χ4n) is 1.65. The van der Waals surface area contributed by atoms with Gasteiger partial charge in [-0.05, 0) is 23.3 Å². The van der Waals surface area contributed by atoms with Crippen LogP contribution in [0.1, 0.15) is 25.0 Å². The minimum absolute atomic E-state index is 0.218. The summed E-state index contributed by atoms with van der Waals surface area (Å²) in [7, 11) is 0. The lowest BCUT2D eigenvalue weighted by atomic mass is 9.87. The first-order chi connectivity index (χ1) is 5.59. The van der Waals surface area contributed by atoms with Crippen molar-refractivity contribution in [3.05, 3.63) is 39.9 Å². The van der Waals surface area contributed by atoms with Crippen LogP contribution < -0.4 is 0 Å². The first-order valence-corrected chi connectivity index (χ1v) is 4.88. The van der Waals surface area contributed by atoms with Crippen molar-refractivity contribution in [2.75, 3.05) is 0 Å². The van der Waals surface area contributed by atoms with Gasteiger partial charge in [-0.25, -0.2) is 0 Å². The van der Waals surface area contributed by atoms with Crippen LogP contribution in [0.25, 0.3) is 6.08 Å². The van der Waals surface area contributed by atoms with E-state index in [9.17, 15) is 0 Å². The summed E-state index contributed by atoms with van der Waals surface area (Å²) >= 11 is 3.47. The summed E-state index contributed by atoms with van der Waals surface area (Å²) in [5.74, 6) is 0. The molecule has 0 atom stereocenters. The molecule has 0 spiro atoms. The highest BCUT2D eigenvalue weighted by molar-refractivity contribution is 9.10. The van der Waals surface area contributed by atoms with Crippen molar-refractivity contribution in [2.24, 2.45) is 0 Å². The molecule has 12 heavy (non-hydrogen) atoms. The molecule has 0 fully saturated rings. The molecular formula is C11H11Br. The Morgan fingerprint density at radius 2 is 2.00 bits per heavy atom. The monoisotopic (exact) mass is 222 g/mol. The Bertz CT molecular complexity index is 348. The van der Waals surface area contributed by atoms with E-state index < -0.39 is 0 Å². The Hall–Kier alpha value is -0.560. The zero-order valence-corrected chi connectivity index (χ0v) is 8.85. The van der Waals surface area contributed by atoms with E-state index in [1.807, 2.05) is 0 Å². The first kappa shape index (κ1) is 8.06. The summed E-state index contributed by atoms with van der Waals surface area (Å²) in [6, 6.07) is 6.47. The molecule has 0 aromatic heterocycles. The Balaban J connectivity index is 2.62. The van der Waals surface area contributed by atoms with Crippen molar-refractivity contribution in [2.45, 2.75) is 19.3 Å². The second-order valence-electron chi connectivity index (χ2n) is 3.79. The largest absolute Gasteiger partial charge is 0.0739 e. The van der Waals surface area contributed by atoms with E-state index in [4.69, 9.17) is 0 Å². The number of benzene rings is 1. The van der Waals surface area contributed by atoms with Gasteiger partial charge in [0.2, 0.25) is 0 Å². The molecule has 1 aliphatic carbocycles. The molecule has 0 unspecified atom stereocenters. The summed E-state index contributed by atoms with van der Waals surface area (Å²) in [6.07, 6.45) is 4.45. The van der Waals surface area contributed by atoms with Crippen molar-refractivity contribution in [1.82, 2.24) is 0 Å². The van der Waals surface area contributed by atoms with Crippen molar-refractivity contribution in [1.29, 1.82) is 0 Å². The number of halogens is 1. The normalized spacial score (nSPS) is 17.9. The molecule has 1 heteroatoms. The first-order valence-electron chi connectivity index (χ1n) is 4.09. The number of hydrogen-bond donors (Lipinski definition) is 0. The number of allylic oxidation sites excluding steroid dienone is 1. The third-order valence-electron chi connectivity index (χ3n) is 2.39. The van der Waals surface area contributed by atoms with Crippen LogP contribution in [-0.4, -0.2) is 0 Å². The SMILES string of the molecule is CC1(C)C=Cc2cc(Br)ccc21. The van der Waals surface area contributed by atoms with Gasteiger partial charge in [-0.3, -0.25) is 0 Å². The molecule has 1 aromatic rings. The summed E-state index contributed by atoms with van der Waals surface area (Å²) in [4.78, 5) is 0. The van der Waals surface area contributed by atoms with E-state index >= 15 is 0 Å². The van der Waals surface area contributed by atoms with Crippen LogP contribution >= 0.6 is 15.9 Å². The maximum absolute atomic E-state index is 3.47. The van der Waals surface area contributed by atoms with Gasteiger partial charge < -0.3 is 0 Å². The third kappa shape index (κ3) is 1.13. The molecule has 2 rings (SSSR count). The third-order valence-corrected chi connectivity index (χ3v) is 2.88. The number of rotatable bonds is 0. The van der Waals surface area contributed by atoms with E-state index in [0.29, 0.717) is 0 Å². The quantitative estimate of drug-likeness (QED) is 0.628. The van der Waals surface area contributed by atoms with E-state index in [2.05, 4.69) is 60.1 Å². The molecule has 0 saturated carbocycles. The molecule has 1 aliphatic rings. The van der Waals surface area contributed by atoms with Gasteiger partial charge in [0.1, 0.15) is 0 Å². The van der Waals surface area contributed by atoms with Gasteiger partial charge in [-0.1, -0.05) is 48.0 Å². The highest BCUT2D eigenvalue weighted by Crippen LogP contribution is 2.36. The van der Waals surface area contributed by atoms with Crippen LogP contribution in [0.3, 0.4) is 0 Å². The Labute approximate surface area is 81.4 Å². The van der Waals surface area contributed by atoms with Crippen molar-refractivity contribution in [3.8, 4) is 0 Å². The summed E-state index contributed by atoms with van der Waals surface area (Å²) in [5, 5.41) is 0. The zero-order chi connectivity index (χ0) is 8.77. The van der Waals surface area contributed by atoms with E-state index in [1.54, 1.807) is 0 Å². The van der Waals surface area contributed by atoms with Gasteiger partial charge in [0, 0.05) is 9.89 Å².